The molecule has 0 aliphatic carbocycles. The molecular formula is C14H18N2O2. The summed E-state index contributed by atoms with van der Waals surface area (Å²) in [4.78, 5) is 17.3. The number of aryl methyl sites for hydroxylation is 1. The summed E-state index contributed by atoms with van der Waals surface area (Å²) in [5.41, 5.74) is 2.93. The van der Waals surface area contributed by atoms with E-state index in [1.807, 2.05) is 31.0 Å². The summed E-state index contributed by atoms with van der Waals surface area (Å²) in [6.45, 7) is 4.82. The molecule has 4 nitrogen and oxygen atoms in total. The van der Waals surface area contributed by atoms with Crippen molar-refractivity contribution in [2.75, 3.05) is 20.1 Å². The van der Waals surface area contributed by atoms with Crippen molar-refractivity contribution in [1.82, 2.24) is 9.88 Å². The zero-order chi connectivity index (χ0) is 13.1. The Morgan fingerprint density at radius 2 is 2.22 bits per heavy atom. The number of aromatic nitrogens is 1. The Balaban J connectivity index is 2.01. The number of oxazole rings is 1. The smallest absolute Gasteiger partial charge is 0.192 e. The largest absolute Gasteiger partial charge is 0.441 e. The van der Waals surface area contributed by atoms with Gasteiger partial charge in [-0.15, -0.1) is 0 Å². The van der Waals surface area contributed by atoms with Gasteiger partial charge in [0, 0.05) is 13.5 Å². The molecule has 0 aliphatic rings. The molecule has 18 heavy (non-hydrogen) atoms. The fourth-order valence-electron chi connectivity index (χ4n) is 2.02. The molecule has 0 saturated heterocycles. The van der Waals surface area contributed by atoms with Gasteiger partial charge in [-0.25, -0.2) is 4.98 Å². The molecule has 0 spiro atoms. The molecule has 0 amide bonds. The van der Waals surface area contributed by atoms with Crippen LogP contribution in [0.1, 0.15) is 18.4 Å². The molecule has 2 rings (SSSR count). The van der Waals surface area contributed by atoms with Crippen LogP contribution in [0.4, 0.5) is 0 Å². The molecule has 0 atom stereocenters. The van der Waals surface area contributed by atoms with Crippen LogP contribution in [0.2, 0.25) is 0 Å². The number of benzene rings is 1. The van der Waals surface area contributed by atoms with E-state index in [0.717, 1.165) is 24.1 Å². The van der Waals surface area contributed by atoms with Gasteiger partial charge in [0.25, 0.3) is 0 Å². The molecule has 1 aromatic heterocycles. The van der Waals surface area contributed by atoms with Gasteiger partial charge in [-0.05, 0) is 38.1 Å². The van der Waals surface area contributed by atoms with E-state index in [2.05, 4.69) is 11.1 Å². The fourth-order valence-corrected chi connectivity index (χ4v) is 2.02. The lowest BCUT2D eigenvalue weighted by atomic mass is 10.1. The van der Waals surface area contributed by atoms with E-state index in [4.69, 9.17) is 4.42 Å². The number of rotatable bonds is 5. The number of likely N-dealkylation sites (N-methyl/N-ethyl adjacent to an activating group) is 1. The topological polar surface area (TPSA) is 46.3 Å². The standard InChI is InChI=1S/C14H18N2O2/c1-10(17)9-16(3)7-6-12-4-5-13-14(8-12)18-11(2)15-13/h4-5,8H,6-7,9H2,1-3H3. The molecule has 1 heterocycles. The molecule has 0 bridgehead atoms. The molecule has 2 aromatic rings. The van der Waals surface area contributed by atoms with Crippen LogP contribution in [0.25, 0.3) is 11.1 Å². The van der Waals surface area contributed by atoms with Crippen molar-refractivity contribution < 1.29 is 9.21 Å². The van der Waals surface area contributed by atoms with E-state index < -0.39 is 0 Å². The molecule has 0 N–H and O–H groups in total. The van der Waals surface area contributed by atoms with Gasteiger partial charge in [0.05, 0.1) is 6.54 Å². The van der Waals surface area contributed by atoms with Gasteiger partial charge >= 0.3 is 0 Å². The summed E-state index contributed by atoms with van der Waals surface area (Å²) in [7, 11) is 1.96. The molecule has 4 heteroatoms. The van der Waals surface area contributed by atoms with E-state index in [1.54, 1.807) is 6.92 Å². The highest BCUT2D eigenvalue weighted by Gasteiger charge is 2.05. The molecule has 0 unspecified atom stereocenters. The first-order valence-electron chi connectivity index (χ1n) is 6.08. The van der Waals surface area contributed by atoms with E-state index >= 15 is 0 Å². The number of Topliss-reactive ketones (excluding diaryl/α,β-unsaturated/α-hetero) is 1. The minimum atomic E-state index is 0.193. The highest BCUT2D eigenvalue weighted by molar-refractivity contribution is 5.77. The first-order chi connectivity index (χ1) is 8.54. The van der Waals surface area contributed by atoms with Crippen LogP contribution >= 0.6 is 0 Å². The second-order valence-electron chi connectivity index (χ2n) is 4.72. The summed E-state index contributed by atoms with van der Waals surface area (Å²) in [6, 6.07) is 6.06. The highest BCUT2D eigenvalue weighted by atomic mass is 16.3. The van der Waals surface area contributed by atoms with Crippen LogP contribution in [-0.2, 0) is 11.2 Å². The number of carbonyl (C=O) groups excluding carboxylic acids is 1. The predicted octanol–water partition coefficient (Wildman–Crippen LogP) is 2.20. The van der Waals surface area contributed by atoms with E-state index in [1.165, 1.54) is 5.56 Å². The van der Waals surface area contributed by atoms with Crippen molar-refractivity contribution in [3.8, 4) is 0 Å². The van der Waals surface area contributed by atoms with Crippen molar-refractivity contribution in [2.45, 2.75) is 20.3 Å². The lowest BCUT2D eigenvalue weighted by molar-refractivity contribution is -0.117. The van der Waals surface area contributed by atoms with Crippen LogP contribution in [0.15, 0.2) is 22.6 Å². The maximum absolute atomic E-state index is 11.0. The average Bonchev–Trinajstić information content (AvgIpc) is 2.64. The Morgan fingerprint density at radius 3 is 2.94 bits per heavy atom. The molecule has 1 aromatic carbocycles. The molecule has 0 radical (unpaired) electrons. The number of hydrogen-bond acceptors (Lipinski definition) is 4. The van der Waals surface area contributed by atoms with Gasteiger partial charge in [-0.3, -0.25) is 9.69 Å². The van der Waals surface area contributed by atoms with E-state index in [0.29, 0.717) is 12.4 Å². The highest BCUT2D eigenvalue weighted by Crippen LogP contribution is 2.17. The Morgan fingerprint density at radius 1 is 1.44 bits per heavy atom. The first-order valence-corrected chi connectivity index (χ1v) is 6.08. The fraction of sp³-hybridized carbons (Fsp3) is 0.429. The summed E-state index contributed by atoms with van der Waals surface area (Å²) >= 11 is 0. The summed E-state index contributed by atoms with van der Waals surface area (Å²) in [6.07, 6.45) is 0.902. The number of hydrogen-bond donors (Lipinski definition) is 0. The first kappa shape index (κ1) is 12.8. The maximum atomic E-state index is 11.0. The molecular weight excluding hydrogens is 228 g/mol. The Labute approximate surface area is 107 Å². The van der Waals surface area contributed by atoms with Crippen LogP contribution in [0.5, 0.6) is 0 Å². The van der Waals surface area contributed by atoms with Crippen molar-refractivity contribution >= 4 is 16.9 Å². The zero-order valence-electron chi connectivity index (χ0n) is 11.1. The summed E-state index contributed by atoms with van der Waals surface area (Å²) < 4.78 is 5.50. The molecule has 0 aliphatic heterocycles. The van der Waals surface area contributed by atoms with E-state index in [9.17, 15) is 4.79 Å². The lowest BCUT2D eigenvalue weighted by Crippen LogP contribution is -2.26. The zero-order valence-corrected chi connectivity index (χ0v) is 11.1. The second-order valence-corrected chi connectivity index (χ2v) is 4.72. The quantitative estimate of drug-likeness (QED) is 0.811. The van der Waals surface area contributed by atoms with Crippen LogP contribution in [-0.4, -0.2) is 35.8 Å². The van der Waals surface area contributed by atoms with Gasteiger partial charge in [-0.1, -0.05) is 6.07 Å². The van der Waals surface area contributed by atoms with Crippen LogP contribution in [0, 0.1) is 6.92 Å². The summed E-state index contributed by atoms with van der Waals surface area (Å²) in [5, 5.41) is 0. The average molecular weight is 246 g/mol. The van der Waals surface area contributed by atoms with Crippen molar-refractivity contribution in [3.05, 3.63) is 29.7 Å². The van der Waals surface area contributed by atoms with Gasteiger partial charge in [-0.2, -0.15) is 0 Å². The SMILES string of the molecule is CC(=O)CN(C)CCc1ccc2nc(C)oc2c1. The van der Waals surface area contributed by atoms with Crippen molar-refractivity contribution in [1.29, 1.82) is 0 Å². The number of fused-ring (bicyclic) bond motifs is 1. The van der Waals surface area contributed by atoms with Gasteiger partial charge in [0.2, 0.25) is 0 Å². The Bertz CT molecular complexity index is 560. The van der Waals surface area contributed by atoms with Crippen LogP contribution < -0.4 is 0 Å². The number of nitrogens with zero attached hydrogens (tertiary/aromatic N) is 2. The van der Waals surface area contributed by atoms with Gasteiger partial charge in [0.1, 0.15) is 11.3 Å². The van der Waals surface area contributed by atoms with Crippen molar-refractivity contribution in [2.24, 2.45) is 0 Å². The maximum Gasteiger partial charge on any atom is 0.192 e. The monoisotopic (exact) mass is 246 g/mol. The van der Waals surface area contributed by atoms with Gasteiger partial charge < -0.3 is 4.42 Å². The predicted molar refractivity (Wildman–Crippen MR) is 70.6 cm³/mol. The number of ketones is 1. The lowest BCUT2D eigenvalue weighted by Gasteiger charge is -2.14. The minimum Gasteiger partial charge on any atom is -0.441 e. The van der Waals surface area contributed by atoms with Crippen molar-refractivity contribution in [3.63, 3.8) is 0 Å². The number of carbonyl (C=O) groups is 1. The second kappa shape index (κ2) is 5.31. The Kier molecular flexibility index (Phi) is 3.77. The Hall–Kier alpha value is -1.68. The summed E-state index contributed by atoms with van der Waals surface area (Å²) in [5.74, 6) is 0.884. The molecule has 96 valence electrons. The molecule has 0 fully saturated rings. The van der Waals surface area contributed by atoms with E-state index in [-0.39, 0.29) is 5.78 Å². The van der Waals surface area contributed by atoms with Gasteiger partial charge in [0.15, 0.2) is 11.5 Å². The third-order valence-electron chi connectivity index (χ3n) is 2.83. The van der Waals surface area contributed by atoms with Crippen LogP contribution in [0.3, 0.4) is 0 Å². The third-order valence-corrected chi connectivity index (χ3v) is 2.83. The third kappa shape index (κ3) is 3.17. The molecule has 0 saturated carbocycles. The normalized spacial score (nSPS) is 11.3. The minimum absolute atomic E-state index is 0.193.